The number of carbonyl (C=O) groups excluding carboxylic acids is 3. The molecule has 1 unspecified atom stereocenters. The number of fused-ring (bicyclic) bond motifs is 7. The molecule has 11 heterocycles. The number of hydrogen-bond acceptors (Lipinski definition) is 16. The van der Waals surface area contributed by atoms with Crippen LogP contribution in [-0.2, 0) is 55.8 Å². The number of hydrazine groups is 1. The number of hydrogen-bond donors (Lipinski definition) is 2. The first kappa shape index (κ1) is 52.8. The fourth-order valence-electron chi connectivity index (χ4n) is 14.0. The number of pyridine rings is 1. The average molecular weight is 1090 g/mol. The number of nitrogens with one attached hydrogen (secondary N) is 2. The predicted octanol–water partition coefficient (Wildman–Crippen LogP) is 6.45. The van der Waals surface area contributed by atoms with Gasteiger partial charge in [0.2, 0.25) is 0 Å². The number of ether oxygens (including phenoxy) is 6. The highest BCUT2D eigenvalue weighted by Crippen LogP contribution is 2.53. The van der Waals surface area contributed by atoms with Gasteiger partial charge in [0.15, 0.2) is 0 Å². The highest BCUT2D eigenvalue weighted by molar-refractivity contribution is 7.10. The molecule has 5 atom stereocenters. The molecule has 4 aromatic rings. The van der Waals surface area contributed by atoms with E-state index in [1.165, 1.54) is 24.2 Å². The second-order valence-corrected chi connectivity index (χ2v) is 26.0. The number of rotatable bonds is 12. The summed E-state index contributed by atoms with van der Waals surface area (Å²) in [5.41, 5.74) is 9.69. The van der Waals surface area contributed by atoms with Gasteiger partial charge in [-0.15, -0.1) is 11.3 Å². The summed E-state index contributed by atoms with van der Waals surface area (Å²) in [6.45, 7) is 18.1. The summed E-state index contributed by atoms with van der Waals surface area (Å²) in [6.07, 6.45) is 9.96. The van der Waals surface area contributed by atoms with Crippen LogP contribution in [0.3, 0.4) is 0 Å². The molecular weight excluding hydrogens is 1010 g/mol. The quantitative estimate of drug-likeness (QED) is 0.148. The minimum atomic E-state index is -1.04. The molecule has 8 bridgehead atoms. The minimum absolute atomic E-state index is 0.0251. The maximum atomic E-state index is 15.5. The lowest BCUT2D eigenvalue weighted by Gasteiger charge is -2.42. The summed E-state index contributed by atoms with van der Waals surface area (Å²) in [6, 6.07) is 7.33. The zero-order valence-corrected chi connectivity index (χ0v) is 47.1. The molecule has 78 heavy (non-hydrogen) atoms. The molecule has 9 fully saturated rings. The number of carbonyl (C=O) groups is 3. The van der Waals surface area contributed by atoms with E-state index >= 15 is 4.79 Å². The predicted molar refractivity (Wildman–Crippen MR) is 295 cm³/mol. The normalized spacial score (nSPS) is 30.0. The fourth-order valence-corrected chi connectivity index (χ4v) is 15.0. The van der Waals surface area contributed by atoms with Gasteiger partial charge in [0, 0.05) is 110 Å². The summed E-state index contributed by atoms with van der Waals surface area (Å²) in [5.74, 6) is -0.667. The van der Waals surface area contributed by atoms with E-state index in [-0.39, 0.29) is 42.1 Å². The maximum Gasteiger partial charge on any atom is 0.324 e. The number of benzene rings is 1. The van der Waals surface area contributed by atoms with Gasteiger partial charge < -0.3 is 43.2 Å². The van der Waals surface area contributed by atoms with E-state index in [2.05, 4.69) is 80.4 Å². The van der Waals surface area contributed by atoms with Gasteiger partial charge in [-0.05, 0) is 114 Å². The van der Waals surface area contributed by atoms with Gasteiger partial charge in [0.25, 0.3) is 11.8 Å². The highest BCUT2D eigenvalue weighted by Gasteiger charge is 2.62. The Kier molecular flexibility index (Phi) is 14.3. The summed E-state index contributed by atoms with van der Waals surface area (Å²) in [5, 5.41) is 8.79. The van der Waals surface area contributed by atoms with Crippen molar-refractivity contribution in [3.63, 3.8) is 0 Å². The SMILES string of the molecule is CO[C@@H](C)c1ncc(N2CCN(C3CC3)CC2)cc1-c1c2c3cc(ccc3n1CCOC1CCOCC1)-c1csc(n1)[C@@H](N1CCC3(COC3)C1)[C@H](NC(=O)C13CC(C1)C(C)O3)C(=O)N1CCC[C@H](N1)C(=O)OCC(C)(C)C2. The van der Waals surface area contributed by atoms with Gasteiger partial charge in [-0.3, -0.25) is 34.2 Å². The number of methoxy groups -OCH3 is 1. The monoisotopic (exact) mass is 1090 g/mol. The Labute approximate surface area is 462 Å². The summed E-state index contributed by atoms with van der Waals surface area (Å²) >= 11 is 1.53. The molecule has 2 saturated carbocycles. The van der Waals surface area contributed by atoms with E-state index in [1.54, 1.807) is 12.1 Å². The molecule has 1 spiro atoms. The smallest absolute Gasteiger partial charge is 0.324 e. The van der Waals surface area contributed by atoms with E-state index in [4.69, 9.17) is 38.4 Å². The number of aromatic nitrogens is 3. The number of esters is 1. The Morgan fingerprint density at radius 1 is 0.974 bits per heavy atom. The van der Waals surface area contributed by atoms with Gasteiger partial charge in [0.05, 0.1) is 79.7 Å². The van der Waals surface area contributed by atoms with E-state index in [0.29, 0.717) is 97.2 Å². The molecule has 2 aliphatic carbocycles. The van der Waals surface area contributed by atoms with Crippen molar-refractivity contribution in [3.8, 4) is 22.5 Å². The average Bonchev–Trinajstić information content (AvgIpc) is 3.99. The third kappa shape index (κ3) is 9.98. The molecule has 7 saturated heterocycles. The van der Waals surface area contributed by atoms with Gasteiger partial charge in [-0.25, -0.2) is 10.4 Å². The van der Waals surface area contributed by atoms with Crippen LogP contribution < -0.4 is 15.6 Å². The molecule has 14 rings (SSSR count). The second-order valence-electron chi connectivity index (χ2n) is 25.1. The number of nitrogens with zero attached hydrogens (tertiary/aromatic N) is 7. The van der Waals surface area contributed by atoms with E-state index in [9.17, 15) is 9.59 Å². The van der Waals surface area contributed by atoms with Crippen LogP contribution in [0, 0.1) is 16.7 Å². The lowest BCUT2D eigenvalue weighted by Crippen LogP contribution is -2.64. The number of cyclic esters (lactones) is 1. The van der Waals surface area contributed by atoms with Crippen molar-refractivity contribution in [2.24, 2.45) is 16.7 Å². The number of thiazole rings is 1. The van der Waals surface area contributed by atoms with Crippen molar-refractivity contribution in [1.29, 1.82) is 0 Å². The van der Waals surface area contributed by atoms with Crippen LogP contribution in [0.5, 0.6) is 0 Å². The Bertz CT molecular complexity index is 2900. The Balaban J connectivity index is 0.955. The van der Waals surface area contributed by atoms with Crippen LogP contribution in [0.15, 0.2) is 35.8 Å². The zero-order chi connectivity index (χ0) is 53.5. The second kappa shape index (κ2) is 21.1. The molecule has 10 aliphatic rings. The van der Waals surface area contributed by atoms with Crippen molar-refractivity contribution in [2.45, 2.75) is 147 Å². The number of anilines is 1. The van der Waals surface area contributed by atoms with Crippen molar-refractivity contribution < 1.29 is 42.8 Å². The number of amides is 2. The van der Waals surface area contributed by atoms with Crippen molar-refractivity contribution in [2.75, 3.05) is 97.5 Å². The molecule has 3 aromatic heterocycles. The van der Waals surface area contributed by atoms with Gasteiger partial charge in [-0.1, -0.05) is 19.9 Å². The largest absolute Gasteiger partial charge is 0.464 e. The molecule has 2 N–H and O–H groups in total. The van der Waals surface area contributed by atoms with Crippen molar-refractivity contribution in [3.05, 3.63) is 52.1 Å². The lowest BCUT2D eigenvalue weighted by atomic mass is 9.72. The van der Waals surface area contributed by atoms with Gasteiger partial charge in [-0.2, -0.15) is 0 Å². The summed E-state index contributed by atoms with van der Waals surface area (Å²) in [4.78, 5) is 62.9. The first-order valence-corrected chi connectivity index (χ1v) is 30.0. The third-order valence-electron chi connectivity index (χ3n) is 18.9. The van der Waals surface area contributed by atoms with Gasteiger partial charge in [0.1, 0.15) is 22.7 Å². The van der Waals surface area contributed by atoms with E-state index in [1.807, 2.05) is 13.1 Å². The molecule has 0 radical (unpaired) electrons. The molecule has 19 heteroatoms. The maximum absolute atomic E-state index is 15.5. The molecule has 1 aromatic carbocycles. The lowest BCUT2D eigenvalue weighted by molar-refractivity contribution is -0.157. The standard InChI is InChI=1S/C59H79N9O9S/c1-36-39-27-59(28-39,77-36)56(71)62-50-52(66-16-14-58(32-66)34-74-35-58)53-61-47(31-78-53)38-8-11-48-43(25-38)45(29-57(3,4)33-76-55(70)46-7-6-15-68(63-46)54(50)69)51(67(48)21-24-75-42-12-22-73-23-13-42)44-26-41(30-60-49(44)37(2)72-5)65-19-17-64(18-20-65)40-9-10-40/h8,11,25-26,30-31,36-37,39-40,42,46,50,52,63H,6-7,9-10,12-24,27-29,32-35H2,1-5H3,(H,62,71)/t36?,37-,39?,46-,50-,52-,59?/m0/s1. The van der Waals surface area contributed by atoms with Crippen LogP contribution in [0.25, 0.3) is 33.4 Å². The minimum Gasteiger partial charge on any atom is -0.464 e. The molecule has 8 aliphatic heterocycles. The Morgan fingerprint density at radius 3 is 2.50 bits per heavy atom. The van der Waals surface area contributed by atoms with E-state index < -0.39 is 35.1 Å². The molecular formula is C59H79N9O9S. The van der Waals surface area contributed by atoms with Crippen LogP contribution in [-0.4, -0.2) is 176 Å². The fraction of sp³-hybridized carbons (Fsp3) is 0.678. The van der Waals surface area contributed by atoms with Crippen LogP contribution in [0.2, 0.25) is 0 Å². The summed E-state index contributed by atoms with van der Waals surface area (Å²) in [7, 11) is 1.75. The van der Waals surface area contributed by atoms with Crippen molar-refractivity contribution in [1.82, 2.24) is 40.1 Å². The van der Waals surface area contributed by atoms with Gasteiger partial charge >= 0.3 is 5.97 Å². The topological polar surface area (TPSA) is 174 Å². The number of piperazine rings is 1. The highest BCUT2D eigenvalue weighted by atomic mass is 32.1. The molecule has 18 nitrogen and oxygen atoms in total. The first-order chi connectivity index (χ1) is 37.8. The molecule has 2 amide bonds. The summed E-state index contributed by atoms with van der Waals surface area (Å²) < 4.78 is 39.5. The number of likely N-dealkylation sites (tertiary alicyclic amines) is 1. The molecule has 420 valence electrons. The zero-order valence-electron chi connectivity index (χ0n) is 46.3. The van der Waals surface area contributed by atoms with Crippen LogP contribution in [0.1, 0.15) is 114 Å². The Hall–Kier alpha value is -4.57. The third-order valence-corrected chi connectivity index (χ3v) is 19.8. The van der Waals surface area contributed by atoms with Crippen LogP contribution in [0.4, 0.5) is 5.69 Å². The Morgan fingerprint density at radius 2 is 1.78 bits per heavy atom. The van der Waals surface area contributed by atoms with Crippen molar-refractivity contribution >= 4 is 45.7 Å². The first-order valence-electron chi connectivity index (χ1n) is 29.1. The van der Waals surface area contributed by atoms with E-state index in [0.717, 1.165) is 107 Å². The van der Waals surface area contributed by atoms with Crippen LogP contribution >= 0.6 is 11.3 Å².